The van der Waals surface area contributed by atoms with Gasteiger partial charge in [0, 0.05) is 25.2 Å². The Hall–Kier alpha value is -2.53. The van der Waals surface area contributed by atoms with Crippen molar-refractivity contribution in [2.24, 2.45) is 0 Å². The number of benzene rings is 2. The van der Waals surface area contributed by atoms with Crippen molar-refractivity contribution >= 4 is 0 Å². The molecule has 1 aromatic heterocycles. The van der Waals surface area contributed by atoms with Gasteiger partial charge in [-0.15, -0.1) is 5.10 Å². The Bertz CT molecular complexity index is 875. The van der Waals surface area contributed by atoms with E-state index in [4.69, 9.17) is 0 Å². The predicted octanol–water partition coefficient (Wildman–Crippen LogP) is 3.63. The van der Waals surface area contributed by atoms with Gasteiger partial charge in [-0.2, -0.15) is 0 Å². The lowest BCUT2D eigenvalue weighted by Crippen LogP contribution is -2.17. The van der Waals surface area contributed by atoms with Gasteiger partial charge in [-0.25, -0.2) is 4.39 Å². The number of aryl methyl sites for hydroxylation is 2. The average Bonchev–Trinajstić information content (AvgIpc) is 3.10. The van der Waals surface area contributed by atoms with E-state index < -0.39 is 0 Å². The summed E-state index contributed by atoms with van der Waals surface area (Å²) in [4.78, 5) is 2.32. The van der Waals surface area contributed by atoms with Crippen molar-refractivity contribution in [3.05, 3.63) is 82.9 Å². The van der Waals surface area contributed by atoms with Crippen LogP contribution in [0.4, 0.5) is 4.39 Å². The minimum Gasteiger partial charge on any atom is -0.302 e. The fraction of sp³-hybridized carbons (Fsp3) is 0.333. The summed E-state index contributed by atoms with van der Waals surface area (Å²) in [7, 11) is 2.13. The predicted molar refractivity (Wildman–Crippen MR) is 99.4 cm³/mol. The van der Waals surface area contributed by atoms with Crippen LogP contribution in [0.5, 0.6) is 0 Å². The van der Waals surface area contributed by atoms with Crippen molar-refractivity contribution < 1.29 is 4.39 Å². The lowest BCUT2D eigenvalue weighted by atomic mass is 9.85. The molecule has 0 amide bonds. The molecular weight excluding hydrogens is 327 g/mol. The molecule has 0 N–H and O–H groups in total. The molecule has 134 valence electrons. The van der Waals surface area contributed by atoms with Gasteiger partial charge in [0.25, 0.3) is 0 Å². The minimum atomic E-state index is -0.108. The summed E-state index contributed by atoms with van der Waals surface area (Å²) in [6.45, 7) is 2.67. The van der Waals surface area contributed by atoms with Gasteiger partial charge in [0.2, 0.25) is 0 Å². The van der Waals surface area contributed by atoms with E-state index in [0.29, 0.717) is 0 Å². The molecule has 1 atom stereocenters. The number of halogens is 1. The minimum absolute atomic E-state index is 0.108. The third-order valence-electron chi connectivity index (χ3n) is 5.20. The third kappa shape index (κ3) is 3.53. The van der Waals surface area contributed by atoms with Gasteiger partial charge in [0.05, 0.1) is 6.20 Å². The highest BCUT2D eigenvalue weighted by atomic mass is 19.1. The van der Waals surface area contributed by atoms with Crippen molar-refractivity contribution in [2.45, 2.75) is 31.8 Å². The van der Waals surface area contributed by atoms with Gasteiger partial charge < -0.3 is 4.90 Å². The molecular formula is C21H23FN4. The van der Waals surface area contributed by atoms with Gasteiger partial charge in [-0.05, 0) is 54.8 Å². The van der Waals surface area contributed by atoms with Crippen molar-refractivity contribution in [3.63, 3.8) is 0 Å². The number of rotatable bonds is 4. The summed E-state index contributed by atoms with van der Waals surface area (Å²) >= 11 is 0. The zero-order valence-electron chi connectivity index (χ0n) is 15.0. The van der Waals surface area contributed by atoms with Gasteiger partial charge in [0.15, 0.2) is 0 Å². The lowest BCUT2D eigenvalue weighted by molar-refractivity contribution is 0.327. The maximum Gasteiger partial charge on any atom is 0.127 e. The van der Waals surface area contributed by atoms with Gasteiger partial charge in [0.1, 0.15) is 5.82 Å². The number of aromatic nitrogens is 3. The molecule has 1 aliphatic rings. The Balaban J connectivity index is 1.64. The summed E-state index contributed by atoms with van der Waals surface area (Å²) in [5.41, 5.74) is 4.64. The molecule has 5 heteroatoms. The first kappa shape index (κ1) is 16.9. The first-order chi connectivity index (χ1) is 12.7. The molecule has 4 nitrogen and oxygen atoms in total. The fourth-order valence-electron chi connectivity index (χ4n) is 3.84. The maximum atomic E-state index is 14.4. The van der Waals surface area contributed by atoms with Crippen LogP contribution in [0.2, 0.25) is 0 Å². The zero-order chi connectivity index (χ0) is 17.9. The van der Waals surface area contributed by atoms with Crippen LogP contribution in [0.15, 0.2) is 54.9 Å². The van der Waals surface area contributed by atoms with Crippen LogP contribution >= 0.6 is 0 Å². The molecule has 1 aliphatic heterocycles. The summed E-state index contributed by atoms with van der Waals surface area (Å²) in [5.74, 6) is 0.00350. The van der Waals surface area contributed by atoms with E-state index in [1.807, 2.05) is 23.0 Å². The molecule has 0 aliphatic carbocycles. The molecule has 2 heterocycles. The average molecular weight is 350 g/mol. The van der Waals surface area contributed by atoms with Gasteiger partial charge in [-0.3, -0.25) is 4.68 Å². The topological polar surface area (TPSA) is 34.0 Å². The maximum absolute atomic E-state index is 14.4. The van der Waals surface area contributed by atoms with Crippen molar-refractivity contribution in [1.82, 2.24) is 19.9 Å². The van der Waals surface area contributed by atoms with Crippen molar-refractivity contribution in [2.75, 3.05) is 13.6 Å². The van der Waals surface area contributed by atoms with E-state index in [9.17, 15) is 4.39 Å². The Kier molecular flexibility index (Phi) is 4.80. The Morgan fingerprint density at radius 1 is 1.15 bits per heavy atom. The molecule has 26 heavy (non-hydrogen) atoms. The lowest BCUT2D eigenvalue weighted by Gasteiger charge is -2.19. The summed E-state index contributed by atoms with van der Waals surface area (Å²) in [6, 6.07) is 13.8. The molecule has 0 spiro atoms. The SMILES string of the molecule is CN1CCC(c2ccccc2F)c2ccc(CCn3ccnn3)cc2C1. The van der Waals surface area contributed by atoms with E-state index >= 15 is 0 Å². The molecule has 0 fully saturated rings. The van der Waals surface area contributed by atoms with Crippen LogP contribution in [-0.4, -0.2) is 33.5 Å². The molecule has 0 bridgehead atoms. The molecule has 3 aromatic rings. The fourth-order valence-corrected chi connectivity index (χ4v) is 3.84. The Morgan fingerprint density at radius 3 is 2.85 bits per heavy atom. The van der Waals surface area contributed by atoms with E-state index in [-0.39, 0.29) is 11.7 Å². The van der Waals surface area contributed by atoms with E-state index in [2.05, 4.69) is 40.5 Å². The number of nitrogens with zero attached hydrogens (tertiary/aromatic N) is 4. The largest absolute Gasteiger partial charge is 0.302 e. The van der Waals surface area contributed by atoms with Crippen LogP contribution in [0.3, 0.4) is 0 Å². The quantitative estimate of drug-likeness (QED) is 0.721. The summed E-state index contributed by atoms with van der Waals surface area (Å²) in [6.07, 6.45) is 5.42. The summed E-state index contributed by atoms with van der Waals surface area (Å²) in [5, 5.41) is 7.87. The van der Waals surface area contributed by atoms with E-state index in [0.717, 1.165) is 38.0 Å². The smallest absolute Gasteiger partial charge is 0.127 e. The second kappa shape index (κ2) is 7.38. The highest BCUT2D eigenvalue weighted by molar-refractivity contribution is 5.41. The van der Waals surface area contributed by atoms with Gasteiger partial charge in [-0.1, -0.05) is 41.6 Å². The number of hydrogen-bond donors (Lipinski definition) is 0. The Labute approximate surface area is 153 Å². The van der Waals surface area contributed by atoms with Crippen LogP contribution < -0.4 is 0 Å². The zero-order valence-corrected chi connectivity index (χ0v) is 15.0. The molecule has 0 radical (unpaired) electrons. The van der Waals surface area contributed by atoms with Crippen LogP contribution in [-0.2, 0) is 19.5 Å². The van der Waals surface area contributed by atoms with Crippen molar-refractivity contribution in [1.29, 1.82) is 0 Å². The monoisotopic (exact) mass is 350 g/mol. The molecule has 0 saturated carbocycles. The van der Waals surface area contributed by atoms with Gasteiger partial charge >= 0.3 is 0 Å². The van der Waals surface area contributed by atoms with E-state index in [1.54, 1.807) is 18.3 Å². The second-order valence-corrected chi connectivity index (χ2v) is 7.05. The van der Waals surface area contributed by atoms with Crippen LogP contribution in [0, 0.1) is 5.82 Å². The number of hydrogen-bond acceptors (Lipinski definition) is 3. The van der Waals surface area contributed by atoms with Crippen LogP contribution in [0.25, 0.3) is 0 Å². The first-order valence-electron chi connectivity index (χ1n) is 9.09. The second-order valence-electron chi connectivity index (χ2n) is 7.05. The highest BCUT2D eigenvalue weighted by Crippen LogP contribution is 2.35. The summed E-state index contributed by atoms with van der Waals surface area (Å²) < 4.78 is 16.3. The standard InChI is InChI=1S/C21H23FN4/c1-25-11-9-19(20-4-2-3-5-21(20)22)18-7-6-16(14-17(18)15-25)8-12-26-13-10-23-24-26/h2-7,10,13-14,19H,8-9,11-12,15H2,1H3. The normalized spacial score (nSPS) is 17.7. The highest BCUT2D eigenvalue weighted by Gasteiger charge is 2.24. The molecule has 0 saturated heterocycles. The molecule has 4 rings (SSSR count). The molecule has 2 aromatic carbocycles. The van der Waals surface area contributed by atoms with Crippen LogP contribution in [0.1, 0.15) is 34.6 Å². The molecule has 1 unspecified atom stereocenters. The third-order valence-corrected chi connectivity index (χ3v) is 5.20. The Morgan fingerprint density at radius 2 is 2.04 bits per heavy atom. The van der Waals surface area contributed by atoms with E-state index in [1.165, 1.54) is 16.7 Å². The van der Waals surface area contributed by atoms with Crippen molar-refractivity contribution in [3.8, 4) is 0 Å². The number of fused-ring (bicyclic) bond motifs is 1. The first-order valence-corrected chi connectivity index (χ1v) is 9.09.